The molecule has 1 heterocycles. The van der Waals surface area contributed by atoms with Crippen LogP contribution in [0.1, 0.15) is 26.3 Å². The molecule has 0 aliphatic heterocycles. The maximum atomic E-state index is 5.80. The van der Waals surface area contributed by atoms with E-state index in [4.69, 9.17) is 11.6 Å². The van der Waals surface area contributed by atoms with E-state index in [1.54, 1.807) is 0 Å². The molecule has 0 aliphatic carbocycles. The Hall–Kier alpha value is -0.540. The molecular formula is C11H20ClN3. The molecule has 0 radical (unpaired) electrons. The van der Waals surface area contributed by atoms with Gasteiger partial charge in [0.05, 0.1) is 6.20 Å². The molecule has 0 aromatic carbocycles. The number of rotatable bonds is 6. The van der Waals surface area contributed by atoms with Crippen molar-refractivity contribution in [3.05, 3.63) is 18.0 Å². The van der Waals surface area contributed by atoms with Crippen LogP contribution in [-0.4, -0.2) is 21.7 Å². The Labute approximate surface area is 96.8 Å². The minimum absolute atomic E-state index is 0.437. The molecule has 0 spiro atoms. The number of aromatic nitrogens is 2. The normalized spacial score (nSPS) is 15.2. The zero-order chi connectivity index (χ0) is 11.3. The average molecular weight is 230 g/mol. The van der Waals surface area contributed by atoms with E-state index in [0.29, 0.717) is 17.8 Å². The number of aryl methyl sites for hydroxylation is 1. The first-order valence-electron chi connectivity index (χ1n) is 5.48. The Bertz CT molecular complexity index is 285. The fourth-order valence-electron chi connectivity index (χ4n) is 1.28. The van der Waals surface area contributed by atoms with Gasteiger partial charge >= 0.3 is 0 Å². The maximum Gasteiger partial charge on any atom is 0.0534 e. The summed E-state index contributed by atoms with van der Waals surface area (Å²) < 4.78 is 1.94. The molecule has 0 amide bonds. The van der Waals surface area contributed by atoms with Crippen LogP contribution in [0.2, 0.25) is 0 Å². The van der Waals surface area contributed by atoms with Gasteiger partial charge in [-0.05, 0) is 19.8 Å². The highest BCUT2D eigenvalue weighted by molar-refractivity contribution is 6.18. The van der Waals surface area contributed by atoms with Gasteiger partial charge in [0.25, 0.3) is 0 Å². The smallest absolute Gasteiger partial charge is 0.0534 e. The van der Waals surface area contributed by atoms with Gasteiger partial charge in [-0.2, -0.15) is 5.10 Å². The molecule has 0 saturated heterocycles. The zero-order valence-corrected chi connectivity index (χ0v) is 10.5. The van der Waals surface area contributed by atoms with Crippen LogP contribution in [0.15, 0.2) is 12.4 Å². The molecule has 1 aromatic rings. The Morgan fingerprint density at radius 2 is 2.27 bits per heavy atom. The van der Waals surface area contributed by atoms with Gasteiger partial charge in [-0.1, -0.05) is 6.92 Å². The molecule has 2 atom stereocenters. The molecule has 0 fully saturated rings. The van der Waals surface area contributed by atoms with Crippen molar-refractivity contribution in [3.8, 4) is 0 Å². The number of halogens is 1. The summed E-state index contributed by atoms with van der Waals surface area (Å²) in [5, 5.41) is 7.68. The Balaban J connectivity index is 2.36. The molecule has 4 heteroatoms. The molecule has 1 rings (SSSR count). The van der Waals surface area contributed by atoms with Crippen molar-refractivity contribution in [3.63, 3.8) is 0 Å². The minimum Gasteiger partial charge on any atom is -0.310 e. The first-order chi connectivity index (χ1) is 7.17. The number of hydrogen-bond acceptors (Lipinski definition) is 2. The molecule has 1 N–H and O–H groups in total. The standard InChI is InChI=1S/C11H20ClN3/c1-4-15-8-11(7-14-15)6-13-10(3)9(2)5-12/h7-10,13H,4-6H2,1-3H3. The van der Waals surface area contributed by atoms with E-state index in [1.807, 2.05) is 10.9 Å². The van der Waals surface area contributed by atoms with Gasteiger partial charge in [-0.25, -0.2) is 0 Å². The summed E-state index contributed by atoms with van der Waals surface area (Å²) in [6.45, 7) is 8.19. The summed E-state index contributed by atoms with van der Waals surface area (Å²) in [5.41, 5.74) is 1.23. The molecule has 0 saturated carbocycles. The van der Waals surface area contributed by atoms with E-state index >= 15 is 0 Å². The fourth-order valence-corrected chi connectivity index (χ4v) is 1.55. The van der Waals surface area contributed by atoms with E-state index in [2.05, 4.69) is 37.4 Å². The third-order valence-corrected chi connectivity index (χ3v) is 3.22. The predicted molar refractivity (Wildman–Crippen MR) is 64.1 cm³/mol. The van der Waals surface area contributed by atoms with Crippen molar-refractivity contribution in [1.82, 2.24) is 15.1 Å². The fraction of sp³-hybridized carbons (Fsp3) is 0.727. The van der Waals surface area contributed by atoms with Crippen LogP contribution in [0.25, 0.3) is 0 Å². The first-order valence-corrected chi connectivity index (χ1v) is 6.01. The van der Waals surface area contributed by atoms with Crippen LogP contribution >= 0.6 is 11.6 Å². The van der Waals surface area contributed by atoms with Crippen LogP contribution < -0.4 is 5.32 Å². The number of nitrogens with zero attached hydrogens (tertiary/aromatic N) is 2. The zero-order valence-electron chi connectivity index (χ0n) is 9.70. The second-order valence-electron chi connectivity index (χ2n) is 4.01. The number of alkyl halides is 1. The average Bonchev–Trinajstić information content (AvgIpc) is 2.72. The summed E-state index contributed by atoms with van der Waals surface area (Å²) in [6.07, 6.45) is 3.99. The quantitative estimate of drug-likeness (QED) is 0.759. The highest BCUT2D eigenvalue weighted by Gasteiger charge is 2.10. The SMILES string of the molecule is CCn1cc(CNC(C)C(C)CCl)cn1. The second-order valence-corrected chi connectivity index (χ2v) is 4.31. The van der Waals surface area contributed by atoms with Crippen molar-refractivity contribution in [2.24, 2.45) is 5.92 Å². The predicted octanol–water partition coefficient (Wildman–Crippen LogP) is 2.26. The van der Waals surface area contributed by atoms with Crippen LogP contribution in [0.5, 0.6) is 0 Å². The molecule has 0 aliphatic rings. The van der Waals surface area contributed by atoms with E-state index in [0.717, 1.165) is 13.1 Å². The van der Waals surface area contributed by atoms with Crippen molar-refractivity contribution in [1.29, 1.82) is 0 Å². The van der Waals surface area contributed by atoms with Crippen molar-refractivity contribution < 1.29 is 0 Å². The molecule has 2 unspecified atom stereocenters. The first kappa shape index (κ1) is 12.5. The molecule has 1 aromatic heterocycles. The van der Waals surface area contributed by atoms with Crippen LogP contribution in [-0.2, 0) is 13.1 Å². The molecule has 3 nitrogen and oxygen atoms in total. The van der Waals surface area contributed by atoms with Gasteiger partial charge < -0.3 is 5.32 Å². The molecule has 86 valence electrons. The van der Waals surface area contributed by atoms with Crippen LogP contribution in [0.4, 0.5) is 0 Å². The lowest BCUT2D eigenvalue weighted by molar-refractivity contribution is 0.430. The number of nitrogens with one attached hydrogen (secondary N) is 1. The summed E-state index contributed by atoms with van der Waals surface area (Å²) >= 11 is 5.80. The minimum atomic E-state index is 0.437. The molecular weight excluding hydrogens is 210 g/mol. The van der Waals surface area contributed by atoms with Crippen molar-refractivity contribution in [2.45, 2.75) is 39.9 Å². The molecule has 15 heavy (non-hydrogen) atoms. The lowest BCUT2D eigenvalue weighted by Gasteiger charge is -2.18. The number of hydrogen-bond donors (Lipinski definition) is 1. The van der Waals surface area contributed by atoms with Crippen molar-refractivity contribution in [2.75, 3.05) is 5.88 Å². The van der Waals surface area contributed by atoms with Crippen LogP contribution in [0, 0.1) is 5.92 Å². The largest absolute Gasteiger partial charge is 0.310 e. The van der Waals surface area contributed by atoms with E-state index < -0.39 is 0 Å². The highest BCUT2D eigenvalue weighted by Crippen LogP contribution is 2.06. The maximum absolute atomic E-state index is 5.80. The third kappa shape index (κ3) is 3.84. The van der Waals surface area contributed by atoms with E-state index in [-0.39, 0.29) is 0 Å². The highest BCUT2D eigenvalue weighted by atomic mass is 35.5. The monoisotopic (exact) mass is 229 g/mol. The summed E-state index contributed by atoms with van der Waals surface area (Å²) in [4.78, 5) is 0. The van der Waals surface area contributed by atoms with Gasteiger partial charge in [0.15, 0.2) is 0 Å². The lowest BCUT2D eigenvalue weighted by atomic mass is 10.1. The van der Waals surface area contributed by atoms with E-state index in [1.165, 1.54) is 5.56 Å². The van der Waals surface area contributed by atoms with Gasteiger partial charge in [0, 0.05) is 36.8 Å². The third-order valence-electron chi connectivity index (χ3n) is 2.74. The van der Waals surface area contributed by atoms with Gasteiger partial charge in [-0.15, -0.1) is 11.6 Å². The topological polar surface area (TPSA) is 29.9 Å². The van der Waals surface area contributed by atoms with Gasteiger partial charge in [-0.3, -0.25) is 4.68 Å². The summed E-state index contributed by atoms with van der Waals surface area (Å²) in [6, 6.07) is 0.437. The van der Waals surface area contributed by atoms with Crippen molar-refractivity contribution >= 4 is 11.6 Å². The molecule has 0 bridgehead atoms. The summed E-state index contributed by atoms with van der Waals surface area (Å²) in [5.74, 6) is 1.19. The van der Waals surface area contributed by atoms with Gasteiger partial charge in [0.2, 0.25) is 0 Å². The Morgan fingerprint density at radius 3 is 2.80 bits per heavy atom. The second kappa shape index (κ2) is 6.13. The Kier molecular flexibility index (Phi) is 5.12. The van der Waals surface area contributed by atoms with E-state index in [9.17, 15) is 0 Å². The van der Waals surface area contributed by atoms with Crippen LogP contribution in [0.3, 0.4) is 0 Å². The summed E-state index contributed by atoms with van der Waals surface area (Å²) in [7, 11) is 0. The lowest BCUT2D eigenvalue weighted by Crippen LogP contribution is -2.32. The van der Waals surface area contributed by atoms with Gasteiger partial charge in [0.1, 0.15) is 0 Å². The Morgan fingerprint density at radius 1 is 1.53 bits per heavy atom.